The van der Waals surface area contributed by atoms with Gasteiger partial charge in [-0.2, -0.15) is 4.31 Å². The normalized spacial score (nSPS) is 22.8. The van der Waals surface area contributed by atoms with Crippen LogP contribution in [0.3, 0.4) is 0 Å². The lowest BCUT2D eigenvalue weighted by atomic mass is 10.0. The third kappa shape index (κ3) is 2.70. The second-order valence-corrected chi connectivity index (χ2v) is 7.45. The van der Waals surface area contributed by atoms with Crippen molar-refractivity contribution in [1.82, 2.24) is 4.31 Å². The first-order valence-electron chi connectivity index (χ1n) is 5.72. The van der Waals surface area contributed by atoms with Gasteiger partial charge in [-0.3, -0.25) is 0 Å². The van der Waals surface area contributed by atoms with Gasteiger partial charge >= 0.3 is 0 Å². The van der Waals surface area contributed by atoms with Crippen molar-refractivity contribution in [1.29, 1.82) is 0 Å². The van der Waals surface area contributed by atoms with Crippen molar-refractivity contribution < 1.29 is 13.5 Å². The fraction of sp³-hybridized carbons (Fsp3) is 0.636. The molecule has 1 aliphatic heterocycles. The summed E-state index contributed by atoms with van der Waals surface area (Å²) in [7, 11) is -3.35. The number of aliphatic hydroxyl groups is 1. The summed E-state index contributed by atoms with van der Waals surface area (Å²) < 4.78 is 26.2. The molecule has 4 nitrogen and oxygen atoms in total. The average Bonchev–Trinajstić information content (AvgIpc) is 2.78. The summed E-state index contributed by atoms with van der Waals surface area (Å²) >= 11 is 1.29. The first kappa shape index (κ1) is 13.0. The lowest BCUT2D eigenvalue weighted by Crippen LogP contribution is -2.38. The molecule has 0 spiro atoms. The molecule has 0 saturated carbocycles. The predicted octanol–water partition coefficient (Wildman–Crippen LogP) is 1.66. The van der Waals surface area contributed by atoms with Gasteiger partial charge in [-0.25, -0.2) is 8.42 Å². The molecule has 1 atom stereocenters. The summed E-state index contributed by atoms with van der Waals surface area (Å²) in [6.07, 6.45) is 2.02. The van der Waals surface area contributed by atoms with Gasteiger partial charge in [0.2, 0.25) is 10.0 Å². The summed E-state index contributed by atoms with van der Waals surface area (Å²) in [4.78, 5) is 1.01. The number of thiophene rings is 1. The summed E-state index contributed by atoms with van der Waals surface area (Å²) in [5.74, 6) is 0.425. The van der Waals surface area contributed by atoms with E-state index in [4.69, 9.17) is 5.11 Å². The molecule has 0 bridgehead atoms. The second kappa shape index (κ2) is 5.06. The van der Waals surface area contributed by atoms with Gasteiger partial charge in [-0.1, -0.05) is 6.92 Å². The highest BCUT2D eigenvalue weighted by Gasteiger charge is 2.29. The summed E-state index contributed by atoms with van der Waals surface area (Å²) in [6, 6.07) is 1.57. The maximum Gasteiger partial charge on any atom is 0.243 e. The number of rotatable bonds is 3. The van der Waals surface area contributed by atoms with Crippen LogP contribution < -0.4 is 0 Å². The van der Waals surface area contributed by atoms with E-state index in [0.717, 1.165) is 12.8 Å². The molecule has 0 amide bonds. The van der Waals surface area contributed by atoms with Gasteiger partial charge in [0, 0.05) is 23.3 Å². The van der Waals surface area contributed by atoms with Crippen LogP contribution in [0.15, 0.2) is 16.3 Å². The van der Waals surface area contributed by atoms with Crippen molar-refractivity contribution in [3.63, 3.8) is 0 Å². The zero-order valence-electron chi connectivity index (χ0n) is 9.80. The van der Waals surface area contributed by atoms with E-state index < -0.39 is 10.0 Å². The molecule has 1 saturated heterocycles. The number of hydrogen-bond donors (Lipinski definition) is 1. The van der Waals surface area contributed by atoms with E-state index in [-0.39, 0.29) is 6.61 Å². The van der Waals surface area contributed by atoms with E-state index >= 15 is 0 Å². The van der Waals surface area contributed by atoms with Crippen LogP contribution in [0.4, 0.5) is 0 Å². The molecule has 6 heteroatoms. The zero-order chi connectivity index (χ0) is 12.5. The molecule has 17 heavy (non-hydrogen) atoms. The maximum atomic E-state index is 12.3. The van der Waals surface area contributed by atoms with E-state index in [1.807, 2.05) is 0 Å². The zero-order valence-corrected chi connectivity index (χ0v) is 11.4. The molecule has 1 unspecified atom stereocenters. The van der Waals surface area contributed by atoms with Crippen LogP contribution in [-0.4, -0.2) is 30.9 Å². The Hall–Kier alpha value is -0.430. The Labute approximate surface area is 106 Å². The van der Waals surface area contributed by atoms with Crippen LogP contribution in [0.25, 0.3) is 0 Å². The highest BCUT2D eigenvalue weighted by molar-refractivity contribution is 7.89. The SMILES string of the molecule is CC1CCCN(S(=O)(=O)c2csc(CO)c2)C1. The van der Waals surface area contributed by atoms with E-state index in [1.54, 1.807) is 15.8 Å². The van der Waals surface area contributed by atoms with Crippen LogP contribution in [-0.2, 0) is 16.6 Å². The first-order valence-corrected chi connectivity index (χ1v) is 8.04. The van der Waals surface area contributed by atoms with Crippen LogP contribution >= 0.6 is 11.3 Å². The highest BCUT2D eigenvalue weighted by atomic mass is 32.2. The van der Waals surface area contributed by atoms with Crippen molar-refractivity contribution in [2.75, 3.05) is 13.1 Å². The molecule has 0 aromatic carbocycles. The Morgan fingerprint density at radius 2 is 2.35 bits per heavy atom. The number of sulfonamides is 1. The number of hydrogen-bond acceptors (Lipinski definition) is 4. The number of nitrogens with zero attached hydrogens (tertiary/aromatic N) is 1. The maximum absolute atomic E-state index is 12.3. The molecular formula is C11H17NO3S2. The standard InChI is InChI=1S/C11H17NO3S2/c1-9-3-2-4-12(6-9)17(14,15)11-5-10(7-13)16-8-11/h5,8-9,13H,2-4,6-7H2,1H3. The smallest absolute Gasteiger partial charge is 0.243 e. The van der Waals surface area contributed by atoms with Crippen molar-refractivity contribution in [3.05, 3.63) is 16.3 Å². The monoisotopic (exact) mass is 275 g/mol. The van der Waals surface area contributed by atoms with Gasteiger partial charge in [-0.15, -0.1) is 11.3 Å². The van der Waals surface area contributed by atoms with E-state index in [1.165, 1.54) is 11.3 Å². The molecule has 1 aromatic rings. The molecule has 1 aromatic heterocycles. The van der Waals surface area contributed by atoms with Crippen molar-refractivity contribution in [3.8, 4) is 0 Å². The predicted molar refractivity (Wildman–Crippen MR) is 67.4 cm³/mol. The first-order chi connectivity index (χ1) is 8.04. The Kier molecular flexibility index (Phi) is 3.87. The quantitative estimate of drug-likeness (QED) is 0.912. The molecule has 2 heterocycles. The summed E-state index contributed by atoms with van der Waals surface area (Å²) in [5.41, 5.74) is 0. The molecule has 96 valence electrons. The van der Waals surface area contributed by atoms with Crippen molar-refractivity contribution >= 4 is 21.4 Å². The minimum absolute atomic E-state index is 0.101. The van der Waals surface area contributed by atoms with Gasteiger partial charge in [0.25, 0.3) is 0 Å². The van der Waals surface area contributed by atoms with Crippen molar-refractivity contribution in [2.45, 2.75) is 31.3 Å². The van der Waals surface area contributed by atoms with Crippen molar-refractivity contribution in [2.24, 2.45) is 5.92 Å². The van der Waals surface area contributed by atoms with Gasteiger partial charge in [0.05, 0.1) is 11.5 Å². The fourth-order valence-corrected chi connectivity index (χ4v) is 4.81. The van der Waals surface area contributed by atoms with Gasteiger partial charge in [-0.05, 0) is 24.8 Å². The van der Waals surface area contributed by atoms with Gasteiger partial charge in [0.1, 0.15) is 0 Å². The molecule has 0 aliphatic carbocycles. The minimum Gasteiger partial charge on any atom is -0.391 e. The number of piperidine rings is 1. The average molecular weight is 275 g/mol. The molecule has 2 rings (SSSR count). The van der Waals surface area contributed by atoms with Gasteiger partial charge < -0.3 is 5.11 Å². The Bertz CT molecular complexity index is 481. The second-order valence-electron chi connectivity index (χ2n) is 4.52. The lowest BCUT2D eigenvalue weighted by Gasteiger charge is -2.29. The Morgan fingerprint density at radius 3 is 2.94 bits per heavy atom. The molecular weight excluding hydrogens is 258 g/mol. The summed E-state index contributed by atoms with van der Waals surface area (Å²) in [6.45, 7) is 3.19. The Morgan fingerprint density at radius 1 is 1.59 bits per heavy atom. The molecule has 1 fully saturated rings. The molecule has 1 aliphatic rings. The Balaban J connectivity index is 2.23. The van der Waals surface area contributed by atoms with E-state index in [2.05, 4.69) is 6.92 Å². The largest absolute Gasteiger partial charge is 0.391 e. The van der Waals surface area contributed by atoms with Crippen LogP contribution in [0.1, 0.15) is 24.6 Å². The minimum atomic E-state index is -3.35. The van der Waals surface area contributed by atoms with Crippen LogP contribution in [0.5, 0.6) is 0 Å². The molecule has 0 radical (unpaired) electrons. The third-order valence-electron chi connectivity index (χ3n) is 3.04. The highest BCUT2D eigenvalue weighted by Crippen LogP contribution is 2.26. The lowest BCUT2D eigenvalue weighted by molar-refractivity contribution is 0.280. The fourth-order valence-electron chi connectivity index (χ4n) is 2.09. The molecule has 1 N–H and O–H groups in total. The van der Waals surface area contributed by atoms with Crippen LogP contribution in [0.2, 0.25) is 0 Å². The number of aliphatic hydroxyl groups excluding tert-OH is 1. The van der Waals surface area contributed by atoms with Gasteiger partial charge in [0.15, 0.2) is 0 Å². The van der Waals surface area contributed by atoms with E-state index in [0.29, 0.717) is 28.8 Å². The summed E-state index contributed by atoms with van der Waals surface area (Å²) in [5, 5.41) is 10.6. The topological polar surface area (TPSA) is 57.6 Å². The third-order valence-corrected chi connectivity index (χ3v) is 5.96. The van der Waals surface area contributed by atoms with E-state index in [9.17, 15) is 8.42 Å². The van der Waals surface area contributed by atoms with Crippen LogP contribution in [0, 0.1) is 5.92 Å².